The fourth-order valence-corrected chi connectivity index (χ4v) is 3.55. The molecule has 2 fully saturated rings. The molecule has 0 radical (unpaired) electrons. The average Bonchev–Trinajstić information content (AvgIpc) is 3.14. The van der Waals surface area contributed by atoms with E-state index >= 15 is 0 Å². The van der Waals surface area contributed by atoms with Crippen LogP contribution >= 0.6 is 0 Å². The fourth-order valence-electron chi connectivity index (χ4n) is 3.55. The second-order valence-corrected chi connectivity index (χ2v) is 6.39. The van der Waals surface area contributed by atoms with Gasteiger partial charge in [0.25, 0.3) is 0 Å². The Morgan fingerprint density at radius 2 is 2.17 bits per heavy atom. The van der Waals surface area contributed by atoms with E-state index in [1.807, 2.05) is 16.5 Å². The normalized spacial score (nSPS) is 22.7. The molecule has 3 rings (SSSR count). The molecule has 2 amide bonds. The van der Waals surface area contributed by atoms with E-state index < -0.39 is 0 Å². The third kappa shape index (κ3) is 3.13. The highest BCUT2D eigenvalue weighted by molar-refractivity contribution is 5.89. The number of aromatic nitrogens is 3. The third-order valence-electron chi connectivity index (χ3n) is 4.83. The summed E-state index contributed by atoms with van der Waals surface area (Å²) < 4.78 is 1.95. The van der Waals surface area contributed by atoms with Crippen molar-refractivity contribution in [2.75, 3.05) is 26.2 Å². The number of piperidine rings is 1. The maximum Gasteiger partial charge on any atom is 0.227 e. The number of likely N-dealkylation sites (tertiary alicyclic amines) is 2. The first-order valence-corrected chi connectivity index (χ1v) is 8.11. The van der Waals surface area contributed by atoms with Crippen molar-refractivity contribution < 1.29 is 9.59 Å². The van der Waals surface area contributed by atoms with Gasteiger partial charge in [0.05, 0.1) is 5.92 Å². The van der Waals surface area contributed by atoms with Crippen LogP contribution in [0.1, 0.15) is 31.0 Å². The molecule has 23 heavy (non-hydrogen) atoms. The third-order valence-corrected chi connectivity index (χ3v) is 4.83. The van der Waals surface area contributed by atoms with E-state index in [4.69, 9.17) is 0 Å². The van der Waals surface area contributed by atoms with Crippen LogP contribution in [0.5, 0.6) is 0 Å². The van der Waals surface area contributed by atoms with E-state index in [-0.39, 0.29) is 17.7 Å². The molecule has 7 nitrogen and oxygen atoms in total. The number of carbonyl (C=O) groups excluding carboxylic acids is 2. The van der Waals surface area contributed by atoms with Crippen molar-refractivity contribution in [1.29, 1.82) is 0 Å². The van der Waals surface area contributed by atoms with Gasteiger partial charge in [0.1, 0.15) is 12.2 Å². The zero-order valence-corrected chi connectivity index (χ0v) is 13.5. The molecule has 0 aliphatic carbocycles. The zero-order chi connectivity index (χ0) is 16.4. The molecule has 124 valence electrons. The largest absolute Gasteiger partial charge is 0.342 e. The van der Waals surface area contributed by atoms with Crippen LogP contribution in [0.25, 0.3) is 0 Å². The molecule has 1 aromatic heterocycles. The van der Waals surface area contributed by atoms with E-state index in [1.54, 1.807) is 17.3 Å². The van der Waals surface area contributed by atoms with Gasteiger partial charge in [0, 0.05) is 45.6 Å². The lowest BCUT2D eigenvalue weighted by Crippen LogP contribution is -2.42. The predicted octanol–water partition coefficient (Wildman–Crippen LogP) is 0.556. The van der Waals surface area contributed by atoms with Crippen LogP contribution in [-0.2, 0) is 16.6 Å². The monoisotopic (exact) mass is 317 g/mol. The van der Waals surface area contributed by atoms with Gasteiger partial charge in [-0.1, -0.05) is 6.08 Å². The topological polar surface area (TPSA) is 71.3 Å². The Labute approximate surface area is 136 Å². The van der Waals surface area contributed by atoms with Crippen molar-refractivity contribution in [2.24, 2.45) is 13.0 Å². The molecule has 0 unspecified atom stereocenters. The molecule has 1 aromatic rings. The summed E-state index contributed by atoms with van der Waals surface area (Å²) in [5, 5.41) is 8.11. The lowest BCUT2D eigenvalue weighted by Gasteiger charge is -2.33. The molecule has 0 bridgehead atoms. The molecule has 1 atom stereocenters. The Hall–Kier alpha value is -2.18. The summed E-state index contributed by atoms with van der Waals surface area (Å²) in [6, 6.07) is 0. The van der Waals surface area contributed by atoms with Crippen LogP contribution in [0, 0.1) is 5.92 Å². The van der Waals surface area contributed by atoms with Crippen molar-refractivity contribution in [2.45, 2.75) is 25.2 Å². The van der Waals surface area contributed by atoms with Crippen LogP contribution < -0.4 is 0 Å². The fraction of sp³-hybridized carbons (Fsp3) is 0.625. The van der Waals surface area contributed by atoms with Crippen molar-refractivity contribution in [1.82, 2.24) is 24.6 Å². The summed E-state index contributed by atoms with van der Waals surface area (Å²) in [7, 11) is 1.95. The Morgan fingerprint density at radius 1 is 1.43 bits per heavy atom. The highest BCUT2D eigenvalue weighted by atomic mass is 16.2. The van der Waals surface area contributed by atoms with Gasteiger partial charge in [-0.05, 0) is 12.8 Å². The Balaban J connectivity index is 1.56. The second kappa shape index (κ2) is 6.52. The molecule has 0 saturated carbocycles. The van der Waals surface area contributed by atoms with Gasteiger partial charge in [0.2, 0.25) is 11.8 Å². The van der Waals surface area contributed by atoms with E-state index in [9.17, 15) is 9.59 Å². The minimum absolute atomic E-state index is 0.0530. The maximum atomic E-state index is 12.6. The van der Waals surface area contributed by atoms with Crippen molar-refractivity contribution in [3.63, 3.8) is 0 Å². The highest BCUT2D eigenvalue weighted by Crippen LogP contribution is 2.28. The predicted molar refractivity (Wildman–Crippen MR) is 84.4 cm³/mol. The summed E-state index contributed by atoms with van der Waals surface area (Å²) in [4.78, 5) is 28.2. The Kier molecular flexibility index (Phi) is 4.45. The Morgan fingerprint density at radius 3 is 2.78 bits per heavy atom. The summed E-state index contributed by atoms with van der Waals surface area (Å²) >= 11 is 0. The second-order valence-electron chi connectivity index (χ2n) is 6.39. The van der Waals surface area contributed by atoms with Gasteiger partial charge in [-0.15, -0.1) is 16.8 Å². The smallest absolute Gasteiger partial charge is 0.227 e. The first-order chi connectivity index (χ1) is 11.1. The number of amides is 2. The van der Waals surface area contributed by atoms with E-state index in [2.05, 4.69) is 16.8 Å². The summed E-state index contributed by atoms with van der Waals surface area (Å²) in [5.41, 5.74) is 0. The standard InChI is InChI=1S/C16H23N5O2/c1-3-6-21-10-13(9-14(21)22)16(23)20-7-4-12(5-8-20)15-18-17-11-19(15)2/h3,11-13H,1,4-10H2,2H3/t13-/m0/s1. The summed E-state index contributed by atoms with van der Waals surface area (Å²) in [5.74, 6) is 1.31. The SMILES string of the molecule is C=CCN1C[C@@H](C(=O)N2CCC(c3nncn3C)CC2)CC1=O. The van der Waals surface area contributed by atoms with Gasteiger partial charge in [0.15, 0.2) is 0 Å². The molecule has 7 heteroatoms. The summed E-state index contributed by atoms with van der Waals surface area (Å²) in [6.45, 7) is 6.15. The van der Waals surface area contributed by atoms with Gasteiger partial charge >= 0.3 is 0 Å². The number of hydrogen-bond donors (Lipinski definition) is 0. The molecule has 0 aromatic carbocycles. The molecule has 2 aliphatic heterocycles. The van der Waals surface area contributed by atoms with Gasteiger partial charge < -0.3 is 14.4 Å². The van der Waals surface area contributed by atoms with Crippen LogP contribution in [-0.4, -0.2) is 62.6 Å². The van der Waals surface area contributed by atoms with Gasteiger partial charge in [-0.2, -0.15) is 0 Å². The maximum absolute atomic E-state index is 12.6. The lowest BCUT2D eigenvalue weighted by molar-refractivity contribution is -0.136. The highest BCUT2D eigenvalue weighted by Gasteiger charge is 2.37. The number of aryl methyl sites for hydroxylation is 1. The molecule has 0 spiro atoms. The number of nitrogens with zero attached hydrogens (tertiary/aromatic N) is 5. The molecule has 2 saturated heterocycles. The first kappa shape index (κ1) is 15.7. The zero-order valence-electron chi connectivity index (χ0n) is 13.5. The van der Waals surface area contributed by atoms with Crippen LogP contribution in [0.15, 0.2) is 19.0 Å². The summed E-state index contributed by atoms with van der Waals surface area (Å²) in [6.07, 6.45) is 5.54. The molecule has 2 aliphatic rings. The minimum Gasteiger partial charge on any atom is -0.342 e. The average molecular weight is 317 g/mol. The van der Waals surface area contributed by atoms with E-state index in [0.717, 1.165) is 31.8 Å². The van der Waals surface area contributed by atoms with Crippen LogP contribution in [0.4, 0.5) is 0 Å². The van der Waals surface area contributed by atoms with E-state index in [0.29, 0.717) is 25.4 Å². The van der Waals surface area contributed by atoms with Crippen LogP contribution in [0.2, 0.25) is 0 Å². The van der Waals surface area contributed by atoms with Crippen LogP contribution in [0.3, 0.4) is 0 Å². The number of rotatable bonds is 4. The molecule has 3 heterocycles. The Bertz CT molecular complexity index is 603. The van der Waals surface area contributed by atoms with Crippen molar-refractivity contribution in [3.8, 4) is 0 Å². The molecular weight excluding hydrogens is 294 g/mol. The van der Waals surface area contributed by atoms with Crippen molar-refractivity contribution >= 4 is 11.8 Å². The lowest BCUT2D eigenvalue weighted by atomic mass is 9.94. The number of hydrogen-bond acceptors (Lipinski definition) is 4. The molecule has 0 N–H and O–H groups in total. The van der Waals surface area contributed by atoms with E-state index in [1.165, 1.54) is 0 Å². The van der Waals surface area contributed by atoms with Crippen molar-refractivity contribution in [3.05, 3.63) is 24.8 Å². The molecular formula is C16H23N5O2. The van der Waals surface area contributed by atoms with Gasteiger partial charge in [-0.3, -0.25) is 9.59 Å². The van der Waals surface area contributed by atoms with Gasteiger partial charge in [-0.25, -0.2) is 0 Å². The minimum atomic E-state index is -0.200. The first-order valence-electron chi connectivity index (χ1n) is 8.11. The number of carbonyl (C=O) groups is 2. The quantitative estimate of drug-likeness (QED) is 0.761.